The second-order valence-corrected chi connectivity index (χ2v) is 3.18. The summed E-state index contributed by atoms with van der Waals surface area (Å²) in [5, 5.41) is 8.57. The Hall–Kier alpha value is -1.88. The highest BCUT2D eigenvalue weighted by atomic mass is 16.4. The van der Waals surface area contributed by atoms with Crippen LogP contribution in [0.5, 0.6) is 0 Å². The van der Waals surface area contributed by atoms with E-state index in [2.05, 4.69) is 4.98 Å². The number of carboxylic acids is 1. The highest BCUT2D eigenvalue weighted by Crippen LogP contribution is 2.17. The van der Waals surface area contributed by atoms with Gasteiger partial charge in [-0.1, -0.05) is 6.07 Å². The lowest BCUT2D eigenvalue weighted by atomic mass is 10.2. The van der Waals surface area contributed by atoms with Crippen LogP contribution < -0.4 is 5.73 Å². The van der Waals surface area contributed by atoms with E-state index in [1.807, 2.05) is 6.07 Å². The summed E-state index contributed by atoms with van der Waals surface area (Å²) in [5.41, 5.74) is 7.65. The van der Waals surface area contributed by atoms with E-state index in [0.29, 0.717) is 17.6 Å². The van der Waals surface area contributed by atoms with Gasteiger partial charge in [-0.15, -0.1) is 0 Å². The first-order chi connectivity index (χ1) is 7.19. The van der Waals surface area contributed by atoms with Gasteiger partial charge in [-0.3, -0.25) is 4.79 Å². The summed E-state index contributed by atoms with van der Waals surface area (Å²) in [5.74, 6) is -0.743. The molecule has 5 heteroatoms. The average molecular weight is 206 g/mol. The summed E-state index contributed by atoms with van der Waals surface area (Å²) in [4.78, 5) is 14.5. The molecule has 1 aromatic heterocycles. The van der Waals surface area contributed by atoms with Crippen molar-refractivity contribution in [2.75, 3.05) is 0 Å². The minimum atomic E-state index is -0.958. The summed E-state index contributed by atoms with van der Waals surface area (Å²) in [6, 6.07) is 5.37. The van der Waals surface area contributed by atoms with Gasteiger partial charge >= 0.3 is 5.97 Å². The van der Waals surface area contributed by atoms with E-state index < -0.39 is 5.97 Å². The molecule has 0 amide bonds. The standard InChI is InChI=1S/C10H10N2O3/c11-5-6-1-2-8-7(3-6)12-9(15-8)4-10(13)14/h1-3H,4-5,11H2,(H,13,14). The van der Waals surface area contributed by atoms with Crippen LogP contribution in [0.15, 0.2) is 22.6 Å². The molecular weight excluding hydrogens is 196 g/mol. The zero-order chi connectivity index (χ0) is 10.8. The van der Waals surface area contributed by atoms with E-state index in [1.54, 1.807) is 12.1 Å². The van der Waals surface area contributed by atoms with Crippen molar-refractivity contribution in [2.45, 2.75) is 13.0 Å². The van der Waals surface area contributed by atoms with Crippen molar-refractivity contribution in [3.8, 4) is 0 Å². The molecule has 0 saturated heterocycles. The van der Waals surface area contributed by atoms with Crippen LogP contribution in [0.3, 0.4) is 0 Å². The van der Waals surface area contributed by atoms with Crippen LogP contribution >= 0.6 is 0 Å². The number of carboxylic acid groups (broad SMARTS) is 1. The number of nitrogens with two attached hydrogens (primary N) is 1. The summed E-state index contributed by atoms with van der Waals surface area (Å²) in [6.07, 6.45) is -0.202. The molecule has 0 aliphatic carbocycles. The number of oxazole rings is 1. The van der Waals surface area contributed by atoms with Crippen molar-refractivity contribution < 1.29 is 14.3 Å². The van der Waals surface area contributed by atoms with E-state index >= 15 is 0 Å². The molecule has 78 valence electrons. The molecule has 1 aromatic carbocycles. The highest BCUT2D eigenvalue weighted by molar-refractivity contribution is 5.75. The number of rotatable bonds is 3. The first kappa shape index (κ1) is 9.67. The summed E-state index contributed by atoms with van der Waals surface area (Å²) in [6.45, 7) is 0.428. The van der Waals surface area contributed by atoms with Crippen LogP contribution in [0, 0.1) is 0 Å². The first-order valence-electron chi connectivity index (χ1n) is 4.49. The van der Waals surface area contributed by atoms with Crippen molar-refractivity contribution in [3.05, 3.63) is 29.7 Å². The third-order valence-electron chi connectivity index (χ3n) is 2.03. The molecule has 0 aliphatic heterocycles. The number of benzene rings is 1. The maximum atomic E-state index is 10.4. The largest absolute Gasteiger partial charge is 0.481 e. The lowest BCUT2D eigenvalue weighted by Gasteiger charge is -1.92. The Morgan fingerprint density at radius 1 is 1.53 bits per heavy atom. The molecule has 15 heavy (non-hydrogen) atoms. The zero-order valence-electron chi connectivity index (χ0n) is 7.93. The Morgan fingerprint density at radius 2 is 2.33 bits per heavy atom. The van der Waals surface area contributed by atoms with Gasteiger partial charge in [0, 0.05) is 6.54 Å². The SMILES string of the molecule is NCc1ccc2oc(CC(=O)O)nc2c1. The molecule has 0 atom stereocenters. The molecule has 0 unspecified atom stereocenters. The van der Waals surface area contributed by atoms with Crippen LogP contribution in [-0.2, 0) is 17.8 Å². The molecule has 0 aliphatic rings. The summed E-state index contributed by atoms with van der Waals surface area (Å²) >= 11 is 0. The summed E-state index contributed by atoms with van der Waals surface area (Å²) < 4.78 is 5.25. The zero-order valence-corrected chi connectivity index (χ0v) is 7.93. The Labute approximate surface area is 85.5 Å². The Balaban J connectivity index is 2.42. The molecule has 0 saturated carbocycles. The van der Waals surface area contributed by atoms with Gasteiger partial charge in [0.1, 0.15) is 11.9 Å². The van der Waals surface area contributed by atoms with E-state index in [4.69, 9.17) is 15.3 Å². The van der Waals surface area contributed by atoms with Gasteiger partial charge in [-0.2, -0.15) is 0 Å². The van der Waals surface area contributed by atoms with Gasteiger partial charge in [0.25, 0.3) is 0 Å². The third kappa shape index (κ3) is 1.97. The number of fused-ring (bicyclic) bond motifs is 1. The molecule has 0 fully saturated rings. The fourth-order valence-electron chi connectivity index (χ4n) is 1.35. The van der Waals surface area contributed by atoms with Crippen LogP contribution in [0.25, 0.3) is 11.1 Å². The number of aromatic nitrogens is 1. The minimum absolute atomic E-state index is 0.202. The lowest BCUT2D eigenvalue weighted by molar-refractivity contribution is -0.136. The van der Waals surface area contributed by atoms with Crippen molar-refractivity contribution in [1.82, 2.24) is 4.98 Å². The van der Waals surface area contributed by atoms with Crippen molar-refractivity contribution >= 4 is 17.1 Å². The molecule has 0 spiro atoms. The van der Waals surface area contributed by atoms with Gasteiger partial charge in [-0.05, 0) is 17.7 Å². The summed E-state index contributed by atoms with van der Waals surface area (Å²) in [7, 11) is 0. The maximum absolute atomic E-state index is 10.4. The quantitative estimate of drug-likeness (QED) is 0.779. The second kappa shape index (κ2) is 3.70. The van der Waals surface area contributed by atoms with Gasteiger partial charge in [0.05, 0.1) is 0 Å². The normalized spacial score (nSPS) is 10.7. The Morgan fingerprint density at radius 3 is 3.00 bits per heavy atom. The van der Waals surface area contributed by atoms with E-state index in [-0.39, 0.29) is 12.3 Å². The predicted molar refractivity (Wildman–Crippen MR) is 53.2 cm³/mol. The fraction of sp³-hybridized carbons (Fsp3) is 0.200. The van der Waals surface area contributed by atoms with Gasteiger partial charge < -0.3 is 15.3 Å². The highest BCUT2D eigenvalue weighted by Gasteiger charge is 2.09. The van der Waals surface area contributed by atoms with Gasteiger partial charge in [0.15, 0.2) is 5.58 Å². The monoisotopic (exact) mass is 206 g/mol. The molecule has 3 N–H and O–H groups in total. The molecule has 0 radical (unpaired) electrons. The van der Waals surface area contributed by atoms with Crippen LogP contribution in [0.1, 0.15) is 11.5 Å². The fourth-order valence-corrected chi connectivity index (χ4v) is 1.35. The van der Waals surface area contributed by atoms with Crippen LogP contribution in [0.2, 0.25) is 0 Å². The average Bonchev–Trinajstić information content (AvgIpc) is 2.57. The molecule has 5 nitrogen and oxygen atoms in total. The van der Waals surface area contributed by atoms with Crippen LogP contribution in [-0.4, -0.2) is 16.1 Å². The van der Waals surface area contributed by atoms with Gasteiger partial charge in [0.2, 0.25) is 5.89 Å². The number of hydrogen-bond donors (Lipinski definition) is 2. The van der Waals surface area contributed by atoms with E-state index in [0.717, 1.165) is 5.56 Å². The molecule has 2 aromatic rings. The smallest absolute Gasteiger partial charge is 0.312 e. The number of aliphatic carboxylic acids is 1. The van der Waals surface area contributed by atoms with Crippen molar-refractivity contribution in [1.29, 1.82) is 0 Å². The topological polar surface area (TPSA) is 89.3 Å². The molecular formula is C10H10N2O3. The Bertz CT molecular complexity index is 504. The first-order valence-corrected chi connectivity index (χ1v) is 4.49. The lowest BCUT2D eigenvalue weighted by Crippen LogP contribution is -1.99. The maximum Gasteiger partial charge on any atom is 0.312 e. The number of nitrogens with zero attached hydrogens (tertiary/aromatic N) is 1. The van der Waals surface area contributed by atoms with E-state index in [1.165, 1.54) is 0 Å². The molecule has 1 heterocycles. The van der Waals surface area contributed by atoms with E-state index in [9.17, 15) is 4.79 Å². The number of carbonyl (C=O) groups is 1. The minimum Gasteiger partial charge on any atom is -0.481 e. The molecule has 2 rings (SSSR count). The van der Waals surface area contributed by atoms with Crippen molar-refractivity contribution in [3.63, 3.8) is 0 Å². The second-order valence-electron chi connectivity index (χ2n) is 3.18. The van der Waals surface area contributed by atoms with Crippen molar-refractivity contribution in [2.24, 2.45) is 5.73 Å². The van der Waals surface area contributed by atoms with Crippen LogP contribution in [0.4, 0.5) is 0 Å². The number of hydrogen-bond acceptors (Lipinski definition) is 4. The third-order valence-corrected chi connectivity index (χ3v) is 2.03. The van der Waals surface area contributed by atoms with Gasteiger partial charge in [-0.25, -0.2) is 4.98 Å². The predicted octanol–water partition coefficient (Wildman–Crippen LogP) is 0.914. The Kier molecular flexibility index (Phi) is 2.39. The molecule has 0 bridgehead atoms.